The SMILES string of the molecule is CCCCCCCCCCCCCCCCSCC(CP(=O)(O)O)OCCCCCCCCCC. The lowest BCUT2D eigenvalue weighted by Gasteiger charge is -2.18. The smallest absolute Gasteiger partial charge is 0.328 e. The average molecular weight is 537 g/mol. The molecule has 0 bridgehead atoms. The van der Waals surface area contributed by atoms with Crippen LogP contribution in [0.4, 0.5) is 0 Å². The first-order chi connectivity index (χ1) is 17.0. The van der Waals surface area contributed by atoms with E-state index in [2.05, 4.69) is 13.8 Å². The van der Waals surface area contributed by atoms with Gasteiger partial charge in [-0.2, -0.15) is 11.8 Å². The van der Waals surface area contributed by atoms with Gasteiger partial charge < -0.3 is 14.5 Å². The van der Waals surface area contributed by atoms with E-state index in [4.69, 9.17) is 4.74 Å². The van der Waals surface area contributed by atoms with Crippen molar-refractivity contribution in [1.29, 1.82) is 0 Å². The molecular formula is C29H61O4PS. The van der Waals surface area contributed by atoms with Crippen LogP contribution < -0.4 is 0 Å². The molecule has 0 aliphatic rings. The maximum atomic E-state index is 11.5. The highest BCUT2D eigenvalue weighted by Crippen LogP contribution is 2.36. The van der Waals surface area contributed by atoms with E-state index in [1.54, 1.807) is 11.8 Å². The Morgan fingerprint density at radius 1 is 0.600 bits per heavy atom. The minimum atomic E-state index is -4.03. The van der Waals surface area contributed by atoms with E-state index >= 15 is 0 Å². The quantitative estimate of drug-likeness (QED) is 0.0735. The molecule has 0 fully saturated rings. The summed E-state index contributed by atoms with van der Waals surface area (Å²) in [4.78, 5) is 18.8. The summed E-state index contributed by atoms with van der Waals surface area (Å²) in [7, 11) is -4.03. The van der Waals surface area contributed by atoms with Gasteiger partial charge in [0.05, 0.1) is 12.3 Å². The minimum Gasteiger partial charge on any atom is -0.377 e. The van der Waals surface area contributed by atoms with Gasteiger partial charge in [-0.15, -0.1) is 0 Å². The Balaban J connectivity index is 3.59. The summed E-state index contributed by atoms with van der Waals surface area (Å²) < 4.78 is 17.4. The van der Waals surface area contributed by atoms with Crippen LogP contribution in [0.5, 0.6) is 0 Å². The molecule has 1 atom stereocenters. The molecular weight excluding hydrogens is 475 g/mol. The van der Waals surface area contributed by atoms with Crippen LogP contribution in [-0.2, 0) is 9.30 Å². The van der Waals surface area contributed by atoms with Gasteiger partial charge >= 0.3 is 7.60 Å². The number of hydrogen-bond donors (Lipinski definition) is 2. The van der Waals surface area contributed by atoms with Gasteiger partial charge in [0.25, 0.3) is 0 Å². The predicted octanol–water partition coefficient (Wildman–Crippen LogP) is 9.90. The molecule has 0 aromatic heterocycles. The van der Waals surface area contributed by atoms with Crippen LogP contribution in [0.2, 0.25) is 0 Å². The summed E-state index contributed by atoms with van der Waals surface area (Å²) in [5.41, 5.74) is 0. The summed E-state index contributed by atoms with van der Waals surface area (Å²) in [5, 5.41) is 0. The molecule has 0 aliphatic carbocycles. The molecule has 4 nitrogen and oxygen atoms in total. The molecule has 212 valence electrons. The Bertz CT molecular complexity index is 458. The van der Waals surface area contributed by atoms with Gasteiger partial charge in [0.1, 0.15) is 0 Å². The summed E-state index contributed by atoms with van der Waals surface area (Å²) in [5.74, 6) is 1.76. The van der Waals surface area contributed by atoms with Gasteiger partial charge in [-0.25, -0.2) is 0 Å². The molecule has 0 radical (unpaired) electrons. The number of hydrogen-bond acceptors (Lipinski definition) is 3. The lowest BCUT2D eigenvalue weighted by molar-refractivity contribution is 0.0774. The zero-order valence-electron chi connectivity index (χ0n) is 23.5. The maximum absolute atomic E-state index is 11.5. The van der Waals surface area contributed by atoms with Gasteiger partial charge in [0, 0.05) is 12.4 Å². The van der Waals surface area contributed by atoms with E-state index in [1.165, 1.54) is 128 Å². The van der Waals surface area contributed by atoms with Crippen molar-refractivity contribution in [3.8, 4) is 0 Å². The highest BCUT2D eigenvalue weighted by atomic mass is 32.2. The van der Waals surface area contributed by atoms with Crippen molar-refractivity contribution < 1.29 is 19.1 Å². The Hall–Kier alpha value is 0.460. The summed E-state index contributed by atoms with van der Waals surface area (Å²) >= 11 is 1.80. The topological polar surface area (TPSA) is 66.8 Å². The van der Waals surface area contributed by atoms with Crippen LogP contribution in [0.3, 0.4) is 0 Å². The molecule has 0 saturated carbocycles. The van der Waals surface area contributed by atoms with E-state index in [1.807, 2.05) is 0 Å². The summed E-state index contributed by atoms with van der Waals surface area (Å²) in [6.07, 6.45) is 28.7. The summed E-state index contributed by atoms with van der Waals surface area (Å²) in [6, 6.07) is 0. The standard InChI is InChI=1S/C29H61O4PS/c1-3-5-7-9-11-13-14-15-16-17-18-20-22-24-26-35-28-29(27-34(30,31)32)33-25-23-21-19-12-10-8-6-4-2/h29H,3-28H2,1-2H3,(H2,30,31,32). The predicted molar refractivity (Wildman–Crippen MR) is 157 cm³/mol. The minimum absolute atomic E-state index is 0.143. The lowest BCUT2D eigenvalue weighted by atomic mass is 10.0. The molecule has 6 heteroatoms. The Morgan fingerprint density at radius 2 is 0.971 bits per heavy atom. The highest BCUT2D eigenvalue weighted by molar-refractivity contribution is 7.99. The number of unbranched alkanes of at least 4 members (excludes halogenated alkanes) is 20. The molecule has 0 aromatic rings. The lowest BCUT2D eigenvalue weighted by Crippen LogP contribution is -2.22. The van der Waals surface area contributed by atoms with Gasteiger partial charge in [0.15, 0.2) is 0 Å². The third kappa shape index (κ3) is 30.6. The van der Waals surface area contributed by atoms with Gasteiger partial charge in [-0.05, 0) is 18.6 Å². The first-order valence-electron chi connectivity index (χ1n) is 15.2. The van der Waals surface area contributed by atoms with Crippen molar-refractivity contribution in [3.63, 3.8) is 0 Å². The normalized spacial score (nSPS) is 12.9. The van der Waals surface area contributed by atoms with Crippen molar-refractivity contribution in [2.75, 3.05) is 24.3 Å². The van der Waals surface area contributed by atoms with E-state index in [9.17, 15) is 14.4 Å². The second kappa shape index (κ2) is 27.5. The Kier molecular flexibility index (Phi) is 27.9. The largest absolute Gasteiger partial charge is 0.377 e. The van der Waals surface area contributed by atoms with Crippen molar-refractivity contribution in [3.05, 3.63) is 0 Å². The third-order valence-corrected chi connectivity index (χ3v) is 8.81. The molecule has 0 aromatic carbocycles. The molecule has 0 aliphatic heterocycles. The number of thioether (sulfide) groups is 1. The fourth-order valence-electron chi connectivity index (χ4n) is 4.52. The van der Waals surface area contributed by atoms with Crippen LogP contribution in [-0.4, -0.2) is 40.2 Å². The second-order valence-electron chi connectivity index (χ2n) is 10.5. The number of rotatable bonds is 29. The van der Waals surface area contributed by atoms with Gasteiger partial charge in [-0.1, -0.05) is 142 Å². The fourth-order valence-corrected chi connectivity index (χ4v) is 6.51. The maximum Gasteiger partial charge on any atom is 0.328 e. The van der Waals surface area contributed by atoms with Crippen molar-refractivity contribution in [2.24, 2.45) is 0 Å². The molecule has 0 heterocycles. The van der Waals surface area contributed by atoms with Gasteiger partial charge in [0.2, 0.25) is 0 Å². The first kappa shape index (κ1) is 35.5. The van der Waals surface area contributed by atoms with E-state index in [0.29, 0.717) is 12.4 Å². The summed E-state index contributed by atoms with van der Waals surface area (Å²) in [6.45, 7) is 5.14. The average Bonchev–Trinajstić information content (AvgIpc) is 2.81. The second-order valence-corrected chi connectivity index (χ2v) is 13.3. The molecule has 35 heavy (non-hydrogen) atoms. The molecule has 0 amide bonds. The van der Waals surface area contributed by atoms with Crippen LogP contribution in [0.25, 0.3) is 0 Å². The molecule has 1 unspecified atom stereocenters. The zero-order valence-corrected chi connectivity index (χ0v) is 25.2. The highest BCUT2D eigenvalue weighted by Gasteiger charge is 2.22. The Morgan fingerprint density at radius 3 is 1.37 bits per heavy atom. The molecule has 0 rings (SSSR count). The zero-order chi connectivity index (χ0) is 25.9. The number of ether oxygens (including phenoxy) is 1. The van der Waals surface area contributed by atoms with Crippen LogP contribution in [0, 0.1) is 0 Å². The molecule has 2 N–H and O–H groups in total. The van der Waals surface area contributed by atoms with Crippen molar-refractivity contribution >= 4 is 19.4 Å². The monoisotopic (exact) mass is 536 g/mol. The third-order valence-electron chi connectivity index (χ3n) is 6.74. The Labute approximate surface area is 223 Å². The molecule has 0 spiro atoms. The fraction of sp³-hybridized carbons (Fsp3) is 1.00. The van der Waals surface area contributed by atoms with Crippen LogP contribution >= 0.6 is 19.4 Å². The van der Waals surface area contributed by atoms with Crippen LogP contribution in [0.15, 0.2) is 0 Å². The van der Waals surface area contributed by atoms with E-state index in [0.717, 1.165) is 18.6 Å². The van der Waals surface area contributed by atoms with Gasteiger partial charge in [-0.3, -0.25) is 4.57 Å². The van der Waals surface area contributed by atoms with Crippen molar-refractivity contribution in [1.82, 2.24) is 0 Å². The van der Waals surface area contributed by atoms with Crippen molar-refractivity contribution in [2.45, 2.75) is 161 Å². The van der Waals surface area contributed by atoms with E-state index in [-0.39, 0.29) is 12.3 Å². The first-order valence-corrected chi connectivity index (χ1v) is 18.2. The van der Waals surface area contributed by atoms with Crippen LogP contribution in [0.1, 0.15) is 155 Å². The molecule has 0 saturated heterocycles. The van der Waals surface area contributed by atoms with E-state index < -0.39 is 7.60 Å².